The average molecular weight is 223 g/mol. The largest absolute Gasteiger partial charge is 0.338 e. The highest BCUT2D eigenvalue weighted by Crippen LogP contribution is 2.28. The number of carbonyl (C=O) groups excluding carboxylic acids is 1. The second kappa shape index (κ2) is 4.15. The summed E-state index contributed by atoms with van der Waals surface area (Å²) in [6.07, 6.45) is 1.83. The van der Waals surface area contributed by atoms with Crippen molar-refractivity contribution in [3.05, 3.63) is 11.3 Å². The van der Waals surface area contributed by atoms with E-state index in [9.17, 15) is 4.79 Å². The minimum atomic E-state index is -0.0860. The number of rotatable bonds is 3. The molecular weight excluding hydrogens is 206 g/mol. The third-order valence-electron chi connectivity index (χ3n) is 2.68. The highest BCUT2D eigenvalue weighted by molar-refractivity contribution is 6.01. The lowest BCUT2D eigenvalue weighted by Crippen LogP contribution is -2.44. The van der Waals surface area contributed by atoms with Crippen LogP contribution in [0.3, 0.4) is 0 Å². The highest BCUT2D eigenvalue weighted by atomic mass is 16.5. The first-order valence-electron chi connectivity index (χ1n) is 5.70. The first-order chi connectivity index (χ1) is 7.63. The van der Waals surface area contributed by atoms with E-state index in [2.05, 4.69) is 22.7 Å². The predicted octanol–water partition coefficient (Wildman–Crippen LogP) is 2.08. The molecule has 0 fully saturated rings. The number of hydrogen-bond donors (Lipinski definition) is 2. The van der Waals surface area contributed by atoms with Gasteiger partial charge in [-0.1, -0.05) is 32.3 Å². The van der Waals surface area contributed by atoms with Gasteiger partial charge in [0.15, 0.2) is 0 Å². The van der Waals surface area contributed by atoms with Crippen LogP contribution in [-0.4, -0.2) is 17.2 Å². The number of hydrogen-bond acceptors (Lipinski definition) is 4. The van der Waals surface area contributed by atoms with Gasteiger partial charge in [0.2, 0.25) is 5.88 Å². The van der Waals surface area contributed by atoms with Crippen LogP contribution in [0.5, 0.6) is 0 Å². The van der Waals surface area contributed by atoms with Crippen molar-refractivity contribution in [2.75, 3.05) is 5.32 Å². The number of nitrogens with one attached hydrogen (secondary N) is 2. The molecule has 5 nitrogen and oxygen atoms in total. The zero-order chi connectivity index (χ0) is 11.7. The lowest BCUT2D eigenvalue weighted by molar-refractivity contribution is 0.0931. The van der Waals surface area contributed by atoms with Crippen LogP contribution in [0.4, 0.5) is 5.88 Å². The maximum Gasteiger partial charge on any atom is 0.260 e. The maximum atomic E-state index is 11.9. The number of fused-ring (bicyclic) bond motifs is 1. The third-order valence-corrected chi connectivity index (χ3v) is 2.68. The van der Waals surface area contributed by atoms with Gasteiger partial charge in [-0.25, -0.2) is 0 Å². The molecule has 1 aliphatic heterocycles. The van der Waals surface area contributed by atoms with Crippen molar-refractivity contribution in [3.63, 3.8) is 0 Å². The fraction of sp³-hybridized carbons (Fsp3) is 0.636. The van der Waals surface area contributed by atoms with Crippen molar-refractivity contribution in [2.24, 2.45) is 0 Å². The van der Waals surface area contributed by atoms with Gasteiger partial charge < -0.3 is 15.2 Å². The second-order valence-electron chi connectivity index (χ2n) is 4.39. The Bertz CT molecular complexity index is 398. The van der Waals surface area contributed by atoms with Crippen molar-refractivity contribution in [1.82, 2.24) is 10.5 Å². The van der Waals surface area contributed by atoms with Gasteiger partial charge in [0.25, 0.3) is 5.91 Å². The SMILES string of the molecule is CCCC1NC(=O)c2c(C(C)C)noc2N1. The molecule has 1 amide bonds. The molecule has 2 rings (SSSR count). The van der Waals surface area contributed by atoms with Gasteiger partial charge >= 0.3 is 0 Å². The normalized spacial score (nSPS) is 19.2. The molecule has 0 saturated carbocycles. The summed E-state index contributed by atoms with van der Waals surface area (Å²) >= 11 is 0. The third kappa shape index (κ3) is 1.77. The Morgan fingerprint density at radius 3 is 2.81 bits per heavy atom. The number of nitrogens with zero attached hydrogens (tertiary/aromatic N) is 1. The summed E-state index contributed by atoms with van der Waals surface area (Å²) in [5.41, 5.74) is 1.28. The van der Waals surface area contributed by atoms with Crippen molar-refractivity contribution in [3.8, 4) is 0 Å². The molecule has 0 bridgehead atoms. The van der Waals surface area contributed by atoms with E-state index in [0.29, 0.717) is 11.4 Å². The van der Waals surface area contributed by atoms with Gasteiger partial charge in [-0.15, -0.1) is 0 Å². The summed E-state index contributed by atoms with van der Waals surface area (Å²) in [4.78, 5) is 11.9. The molecule has 1 aromatic rings. The van der Waals surface area contributed by atoms with Crippen LogP contribution in [0.25, 0.3) is 0 Å². The summed E-state index contributed by atoms with van der Waals surface area (Å²) in [5.74, 6) is 0.603. The van der Waals surface area contributed by atoms with Crippen LogP contribution < -0.4 is 10.6 Å². The first kappa shape index (κ1) is 11.0. The van der Waals surface area contributed by atoms with E-state index in [-0.39, 0.29) is 18.0 Å². The van der Waals surface area contributed by atoms with Crippen molar-refractivity contribution < 1.29 is 9.32 Å². The molecule has 1 aliphatic rings. The Morgan fingerprint density at radius 2 is 2.19 bits per heavy atom. The zero-order valence-electron chi connectivity index (χ0n) is 9.83. The molecule has 2 heterocycles. The van der Waals surface area contributed by atoms with Gasteiger partial charge in [-0.05, 0) is 12.3 Å². The van der Waals surface area contributed by atoms with Gasteiger partial charge in [-0.2, -0.15) is 0 Å². The minimum absolute atomic E-state index is 0.0436. The molecule has 0 aromatic carbocycles. The van der Waals surface area contributed by atoms with Gasteiger partial charge in [0, 0.05) is 0 Å². The van der Waals surface area contributed by atoms with E-state index >= 15 is 0 Å². The number of amides is 1. The molecular formula is C11H17N3O2. The fourth-order valence-corrected chi connectivity index (χ4v) is 1.87. The zero-order valence-corrected chi connectivity index (χ0v) is 9.83. The summed E-state index contributed by atoms with van der Waals surface area (Å²) in [7, 11) is 0. The monoisotopic (exact) mass is 223 g/mol. The quantitative estimate of drug-likeness (QED) is 0.823. The number of aromatic nitrogens is 1. The minimum Gasteiger partial charge on any atom is -0.338 e. The predicted molar refractivity (Wildman–Crippen MR) is 60.4 cm³/mol. The number of anilines is 1. The molecule has 16 heavy (non-hydrogen) atoms. The molecule has 1 aromatic heterocycles. The van der Waals surface area contributed by atoms with Crippen LogP contribution in [-0.2, 0) is 0 Å². The van der Waals surface area contributed by atoms with E-state index in [1.165, 1.54) is 0 Å². The molecule has 2 N–H and O–H groups in total. The second-order valence-corrected chi connectivity index (χ2v) is 4.39. The Kier molecular flexibility index (Phi) is 2.85. The molecule has 5 heteroatoms. The molecule has 1 atom stereocenters. The van der Waals surface area contributed by atoms with E-state index in [0.717, 1.165) is 18.5 Å². The van der Waals surface area contributed by atoms with Gasteiger partial charge in [0.1, 0.15) is 17.4 Å². The van der Waals surface area contributed by atoms with Gasteiger partial charge in [0.05, 0.1) is 0 Å². The van der Waals surface area contributed by atoms with E-state index in [1.807, 2.05) is 13.8 Å². The lowest BCUT2D eigenvalue weighted by atomic mass is 10.0. The van der Waals surface area contributed by atoms with Crippen LogP contribution in [0.1, 0.15) is 55.6 Å². The van der Waals surface area contributed by atoms with E-state index < -0.39 is 0 Å². The standard InChI is InChI=1S/C11H17N3O2/c1-4-5-7-12-10(15)8-9(6(2)3)14-16-11(8)13-7/h6-7,13H,4-5H2,1-3H3,(H,12,15). The molecule has 0 spiro atoms. The van der Waals surface area contributed by atoms with Crippen molar-refractivity contribution in [2.45, 2.75) is 45.7 Å². The van der Waals surface area contributed by atoms with E-state index in [4.69, 9.17) is 4.52 Å². The molecule has 1 unspecified atom stereocenters. The average Bonchev–Trinajstić information content (AvgIpc) is 2.62. The molecule has 0 saturated heterocycles. The summed E-state index contributed by atoms with van der Waals surface area (Å²) in [6.45, 7) is 6.05. The Balaban J connectivity index is 2.29. The Hall–Kier alpha value is -1.52. The molecule has 0 aliphatic carbocycles. The van der Waals surface area contributed by atoms with E-state index in [1.54, 1.807) is 0 Å². The van der Waals surface area contributed by atoms with Crippen LogP contribution in [0, 0.1) is 0 Å². The lowest BCUT2D eigenvalue weighted by Gasteiger charge is -2.24. The molecule has 88 valence electrons. The summed E-state index contributed by atoms with van der Waals surface area (Å²) in [6, 6.07) is 0. The summed E-state index contributed by atoms with van der Waals surface area (Å²) < 4.78 is 5.17. The molecule has 0 radical (unpaired) electrons. The van der Waals surface area contributed by atoms with Crippen LogP contribution >= 0.6 is 0 Å². The van der Waals surface area contributed by atoms with Gasteiger partial charge in [-0.3, -0.25) is 4.79 Å². The number of carbonyl (C=O) groups is 1. The Labute approximate surface area is 94.6 Å². The topological polar surface area (TPSA) is 67.2 Å². The maximum absolute atomic E-state index is 11.9. The Morgan fingerprint density at radius 1 is 1.44 bits per heavy atom. The van der Waals surface area contributed by atoms with Crippen molar-refractivity contribution in [1.29, 1.82) is 0 Å². The fourth-order valence-electron chi connectivity index (χ4n) is 1.87. The smallest absolute Gasteiger partial charge is 0.260 e. The first-order valence-corrected chi connectivity index (χ1v) is 5.70. The van der Waals surface area contributed by atoms with Crippen LogP contribution in [0.15, 0.2) is 4.52 Å². The highest BCUT2D eigenvalue weighted by Gasteiger charge is 2.31. The summed E-state index contributed by atoms with van der Waals surface area (Å²) in [5, 5.41) is 9.99. The van der Waals surface area contributed by atoms with Crippen LogP contribution in [0.2, 0.25) is 0 Å². The van der Waals surface area contributed by atoms with Crippen molar-refractivity contribution >= 4 is 11.8 Å².